The first-order valence-corrected chi connectivity index (χ1v) is 10.8. The molecule has 0 saturated carbocycles. The molecule has 0 bridgehead atoms. The van der Waals surface area contributed by atoms with Crippen LogP contribution in [0.15, 0.2) is 0 Å². The molecule has 10 nitrogen and oxygen atoms in total. The van der Waals surface area contributed by atoms with Crippen LogP contribution in [0.4, 0.5) is 0 Å². The quantitative estimate of drug-likeness (QED) is 0.282. The maximum atomic E-state index is 11.3. The standard InChI is InChI=1S/C10H20N2O8S3/c11-3-7-22(15,16)19-9(13)1-5-21-6-2-10(14)20-23(17,18)8-4-12/h1-8,11-12H2. The number of thioether (sulfide) groups is 1. The van der Waals surface area contributed by atoms with Gasteiger partial charge in [-0.05, 0) is 0 Å². The van der Waals surface area contributed by atoms with Gasteiger partial charge < -0.3 is 19.8 Å². The van der Waals surface area contributed by atoms with Gasteiger partial charge in [-0.15, -0.1) is 0 Å². The van der Waals surface area contributed by atoms with Gasteiger partial charge in [-0.1, -0.05) is 0 Å². The Morgan fingerprint density at radius 2 is 1.13 bits per heavy atom. The van der Waals surface area contributed by atoms with Crippen LogP contribution in [0.2, 0.25) is 0 Å². The van der Waals surface area contributed by atoms with Crippen LogP contribution < -0.4 is 11.5 Å². The third-order valence-corrected chi connectivity index (χ3v) is 5.41. The number of carbonyl (C=O) groups excluding carboxylic acids is 2. The van der Waals surface area contributed by atoms with Crippen molar-refractivity contribution in [3.05, 3.63) is 0 Å². The first-order chi connectivity index (χ1) is 10.6. The topological polar surface area (TPSA) is 173 Å². The van der Waals surface area contributed by atoms with E-state index in [4.69, 9.17) is 11.5 Å². The lowest BCUT2D eigenvalue weighted by molar-refractivity contribution is -0.134. The molecule has 0 amide bonds. The van der Waals surface area contributed by atoms with Crippen LogP contribution in [-0.2, 0) is 38.2 Å². The molecule has 0 unspecified atom stereocenters. The van der Waals surface area contributed by atoms with Crippen molar-refractivity contribution in [3.63, 3.8) is 0 Å². The summed E-state index contributed by atoms with van der Waals surface area (Å²) in [6, 6.07) is 0. The summed E-state index contributed by atoms with van der Waals surface area (Å²) >= 11 is 1.15. The number of nitrogens with two attached hydrogens (primary N) is 2. The maximum Gasteiger partial charge on any atom is 0.322 e. The zero-order valence-electron chi connectivity index (χ0n) is 12.3. The third-order valence-electron chi connectivity index (χ3n) is 2.08. The highest BCUT2D eigenvalue weighted by Crippen LogP contribution is 2.08. The molecule has 0 aromatic rings. The van der Waals surface area contributed by atoms with E-state index in [9.17, 15) is 26.4 Å². The highest BCUT2D eigenvalue weighted by Gasteiger charge is 2.17. The Labute approximate surface area is 139 Å². The molecule has 0 radical (unpaired) electrons. The molecule has 0 atom stereocenters. The SMILES string of the molecule is NCCS(=O)(=O)OC(=O)CCSCCC(=O)OS(=O)(=O)CCN. The summed E-state index contributed by atoms with van der Waals surface area (Å²) in [5.41, 5.74) is 10.1. The average Bonchev–Trinajstić information content (AvgIpc) is 2.36. The normalized spacial score (nSPS) is 11.9. The van der Waals surface area contributed by atoms with Crippen molar-refractivity contribution < 1.29 is 34.8 Å². The molecule has 136 valence electrons. The van der Waals surface area contributed by atoms with Gasteiger partial charge in [0.1, 0.15) is 0 Å². The van der Waals surface area contributed by atoms with Crippen molar-refractivity contribution >= 4 is 43.9 Å². The van der Waals surface area contributed by atoms with Crippen LogP contribution in [0, 0.1) is 0 Å². The summed E-state index contributed by atoms with van der Waals surface area (Å²) in [4.78, 5) is 22.5. The zero-order chi connectivity index (χ0) is 17.9. The average molecular weight is 392 g/mol. The van der Waals surface area contributed by atoms with Crippen molar-refractivity contribution in [2.24, 2.45) is 11.5 Å². The molecule has 0 rings (SSSR count). The minimum Gasteiger partial charge on any atom is -0.346 e. The Balaban J connectivity index is 3.89. The van der Waals surface area contributed by atoms with Crippen molar-refractivity contribution in [1.82, 2.24) is 0 Å². The van der Waals surface area contributed by atoms with E-state index in [-0.39, 0.29) is 37.4 Å². The van der Waals surface area contributed by atoms with Gasteiger partial charge in [-0.25, -0.2) is 0 Å². The number of hydrogen-bond acceptors (Lipinski definition) is 11. The Morgan fingerprint density at radius 3 is 1.43 bits per heavy atom. The molecular weight excluding hydrogens is 372 g/mol. The van der Waals surface area contributed by atoms with Crippen molar-refractivity contribution in [3.8, 4) is 0 Å². The predicted octanol–water partition coefficient (Wildman–Crippen LogP) is -1.84. The molecular formula is C10H20N2O8S3. The predicted molar refractivity (Wildman–Crippen MR) is 84.4 cm³/mol. The number of hydrogen-bond donors (Lipinski definition) is 2. The summed E-state index contributed by atoms with van der Waals surface area (Å²) in [6.45, 7) is -0.306. The molecule has 0 aliphatic heterocycles. The van der Waals surface area contributed by atoms with E-state index in [1.165, 1.54) is 0 Å². The van der Waals surface area contributed by atoms with Crippen LogP contribution in [-0.4, -0.2) is 64.9 Å². The van der Waals surface area contributed by atoms with Crippen molar-refractivity contribution in [2.75, 3.05) is 36.1 Å². The monoisotopic (exact) mass is 392 g/mol. The highest BCUT2D eigenvalue weighted by atomic mass is 32.2. The number of rotatable bonds is 12. The zero-order valence-corrected chi connectivity index (χ0v) is 14.8. The second kappa shape index (κ2) is 10.8. The van der Waals surface area contributed by atoms with E-state index in [1.807, 2.05) is 0 Å². The van der Waals surface area contributed by atoms with Gasteiger partial charge >= 0.3 is 32.2 Å². The second-order valence-electron chi connectivity index (χ2n) is 4.12. The van der Waals surface area contributed by atoms with E-state index in [0.717, 1.165) is 11.8 Å². The van der Waals surface area contributed by atoms with E-state index in [2.05, 4.69) is 8.37 Å². The largest absolute Gasteiger partial charge is 0.346 e. The smallest absolute Gasteiger partial charge is 0.322 e. The maximum absolute atomic E-state index is 11.3. The van der Waals surface area contributed by atoms with Crippen molar-refractivity contribution in [1.29, 1.82) is 0 Å². The van der Waals surface area contributed by atoms with E-state index < -0.39 is 43.7 Å². The Kier molecular flexibility index (Phi) is 10.4. The molecule has 0 heterocycles. The summed E-state index contributed by atoms with van der Waals surface area (Å²) in [5, 5.41) is 0. The van der Waals surface area contributed by atoms with Crippen LogP contribution in [0.5, 0.6) is 0 Å². The van der Waals surface area contributed by atoms with Gasteiger partial charge in [0.05, 0.1) is 24.3 Å². The molecule has 13 heteroatoms. The summed E-state index contributed by atoms with van der Waals surface area (Å²) in [5.74, 6) is -2.32. The fraction of sp³-hybridized carbons (Fsp3) is 0.800. The molecule has 0 aliphatic carbocycles. The Morgan fingerprint density at radius 1 is 0.783 bits per heavy atom. The van der Waals surface area contributed by atoms with E-state index in [1.54, 1.807) is 0 Å². The van der Waals surface area contributed by atoms with Crippen molar-refractivity contribution in [2.45, 2.75) is 12.8 Å². The molecule has 0 spiro atoms. The van der Waals surface area contributed by atoms with Crippen LogP contribution >= 0.6 is 11.8 Å². The Hall–Kier alpha value is -0.890. The Bertz CT molecular complexity index is 535. The second-order valence-corrected chi connectivity index (χ2v) is 8.73. The molecule has 23 heavy (non-hydrogen) atoms. The number of carbonyl (C=O) groups is 2. The molecule has 0 aromatic heterocycles. The van der Waals surface area contributed by atoms with Gasteiger partial charge in [0.15, 0.2) is 0 Å². The minimum absolute atomic E-state index is 0.153. The minimum atomic E-state index is -3.95. The fourth-order valence-electron chi connectivity index (χ4n) is 1.15. The molecule has 4 N–H and O–H groups in total. The highest BCUT2D eigenvalue weighted by molar-refractivity contribution is 7.99. The lowest BCUT2D eigenvalue weighted by atomic mass is 10.5. The summed E-state index contributed by atoms with van der Waals surface area (Å²) in [6.07, 6.45) is -0.343. The van der Waals surface area contributed by atoms with E-state index >= 15 is 0 Å². The molecule has 0 aromatic carbocycles. The summed E-state index contributed by atoms with van der Waals surface area (Å²) < 4.78 is 53.1. The van der Waals surface area contributed by atoms with Crippen LogP contribution in [0.25, 0.3) is 0 Å². The van der Waals surface area contributed by atoms with Crippen LogP contribution in [0.1, 0.15) is 12.8 Å². The molecule has 0 fully saturated rings. The van der Waals surface area contributed by atoms with Gasteiger partial charge in [0.2, 0.25) is 0 Å². The third kappa shape index (κ3) is 12.2. The first-order valence-electron chi connectivity index (χ1n) is 6.49. The fourth-order valence-corrected chi connectivity index (χ4v) is 3.45. The first kappa shape index (κ1) is 22.1. The van der Waals surface area contributed by atoms with Gasteiger partial charge in [0.25, 0.3) is 0 Å². The molecule has 0 aliphatic rings. The lowest BCUT2D eigenvalue weighted by Gasteiger charge is -2.05. The van der Waals surface area contributed by atoms with E-state index in [0.29, 0.717) is 0 Å². The van der Waals surface area contributed by atoms with Gasteiger partial charge in [-0.2, -0.15) is 28.6 Å². The van der Waals surface area contributed by atoms with Crippen LogP contribution in [0.3, 0.4) is 0 Å². The van der Waals surface area contributed by atoms with Gasteiger partial charge in [0, 0.05) is 24.6 Å². The molecule has 0 saturated heterocycles. The lowest BCUT2D eigenvalue weighted by Crippen LogP contribution is -2.21. The summed E-state index contributed by atoms with van der Waals surface area (Å²) in [7, 11) is -7.90. The van der Waals surface area contributed by atoms with Gasteiger partial charge in [-0.3, -0.25) is 9.59 Å².